The fourth-order valence-electron chi connectivity index (χ4n) is 1.18. The number of nitrogens with two attached hydrogens (primary N) is 2. The molecule has 150 valence electrons. The number of aliphatic hydroxyl groups excluding tert-OH is 1. The van der Waals surface area contributed by atoms with Crippen LogP contribution < -0.4 is 11.5 Å². The number of anilines is 2. The van der Waals surface area contributed by atoms with Crippen molar-refractivity contribution in [1.82, 2.24) is 9.97 Å². The normalized spacial score (nSPS) is 8.67. The lowest BCUT2D eigenvalue weighted by Crippen LogP contribution is -2.02. The van der Waals surface area contributed by atoms with Crippen molar-refractivity contribution >= 4 is 54.2 Å². The number of pyridine rings is 2. The lowest BCUT2D eigenvalue weighted by atomic mass is 10.3. The van der Waals surface area contributed by atoms with Crippen LogP contribution in [0.1, 0.15) is 20.7 Å². The van der Waals surface area contributed by atoms with Crippen LogP contribution in [0.25, 0.3) is 0 Å². The molecule has 6 N–H and O–H groups in total. The average Bonchev–Trinajstić information content (AvgIpc) is 2.64. The first-order valence-corrected chi connectivity index (χ1v) is 9.41. The van der Waals surface area contributed by atoms with E-state index in [4.69, 9.17) is 25.9 Å². The van der Waals surface area contributed by atoms with Crippen LogP contribution in [-0.2, 0) is 14.0 Å². The van der Waals surface area contributed by atoms with Gasteiger partial charge in [-0.05, 0) is 24.3 Å². The van der Waals surface area contributed by atoms with E-state index >= 15 is 0 Å². The summed E-state index contributed by atoms with van der Waals surface area (Å²) in [5, 5.41) is 15.4. The zero-order valence-corrected chi connectivity index (χ0v) is 16.5. The maximum Gasteiger partial charge on any atom is 0.339 e. The second kappa shape index (κ2) is 15.8. The first-order valence-electron chi connectivity index (χ1n) is 6.61. The number of aromatic carboxylic acids is 1. The minimum atomic E-state index is -1.67. The minimum absolute atomic E-state index is 0.147. The van der Waals surface area contributed by atoms with Gasteiger partial charge in [0.15, 0.2) is 0 Å². The highest BCUT2D eigenvalue weighted by atomic mass is 36.0. The van der Waals surface area contributed by atoms with E-state index in [1.54, 1.807) is 12.1 Å². The molecule has 0 aliphatic carbocycles. The van der Waals surface area contributed by atoms with Crippen molar-refractivity contribution in [1.29, 1.82) is 0 Å². The monoisotopic (exact) mass is 440 g/mol. The number of hydrogen-bond donors (Lipinski definition) is 4. The number of rotatable bonds is 2. The van der Waals surface area contributed by atoms with E-state index in [0.29, 0.717) is 17.2 Å². The van der Waals surface area contributed by atoms with Crippen LogP contribution in [0, 0.1) is 0 Å². The molecule has 0 saturated carbocycles. The highest BCUT2D eigenvalue weighted by Crippen LogP contribution is 2.02. The smallest absolute Gasteiger partial charge is 0.339 e. The second-order valence-corrected chi connectivity index (χ2v) is 6.45. The molecular formula is C14H18Cl2N4O6S. The van der Waals surface area contributed by atoms with Gasteiger partial charge in [0, 0.05) is 40.9 Å². The van der Waals surface area contributed by atoms with Crippen molar-refractivity contribution in [2.24, 2.45) is 0 Å². The summed E-state index contributed by atoms with van der Waals surface area (Å²) in [6, 6.07) is 5.97. The van der Waals surface area contributed by atoms with E-state index < -0.39 is 21.2 Å². The molecule has 0 aliphatic heterocycles. The van der Waals surface area contributed by atoms with Crippen LogP contribution in [0.2, 0.25) is 0 Å². The van der Waals surface area contributed by atoms with Crippen molar-refractivity contribution in [2.75, 3.05) is 25.7 Å². The summed E-state index contributed by atoms with van der Waals surface area (Å²) in [7, 11) is 9.68. The van der Waals surface area contributed by atoms with Crippen LogP contribution in [0.3, 0.4) is 0 Å². The highest BCUT2D eigenvalue weighted by Gasteiger charge is 2.03. The molecule has 0 aliphatic rings. The number of carbonyl (C=O) groups excluding carboxylic acids is 1. The summed E-state index contributed by atoms with van der Waals surface area (Å²) in [6.45, 7) is 0. The molecule has 27 heavy (non-hydrogen) atoms. The fraction of sp³-hybridized carbons (Fsp3) is 0.143. The summed E-state index contributed by atoms with van der Waals surface area (Å²) < 4.78 is 13.5. The topological polar surface area (TPSA) is 179 Å². The molecule has 0 bridgehead atoms. The Labute approximate surface area is 166 Å². The molecule has 2 aromatic heterocycles. The Balaban J connectivity index is 0. The molecule has 2 aromatic rings. The number of carbonyl (C=O) groups is 2. The van der Waals surface area contributed by atoms with Crippen LogP contribution in [0.4, 0.5) is 11.6 Å². The Bertz CT molecular complexity index is 713. The van der Waals surface area contributed by atoms with Crippen molar-refractivity contribution in [2.45, 2.75) is 0 Å². The third kappa shape index (κ3) is 14.4. The van der Waals surface area contributed by atoms with Gasteiger partial charge in [-0.3, -0.25) is 0 Å². The largest absolute Gasteiger partial charge is 0.478 e. The van der Waals surface area contributed by atoms with E-state index in [2.05, 4.69) is 36.1 Å². The molecular weight excluding hydrogens is 423 g/mol. The predicted octanol–water partition coefficient (Wildman–Crippen LogP) is 1.46. The molecule has 0 spiro atoms. The zero-order valence-electron chi connectivity index (χ0n) is 14.2. The van der Waals surface area contributed by atoms with Crippen LogP contribution >= 0.6 is 21.4 Å². The average molecular weight is 441 g/mol. The number of hydrogen-bond acceptors (Lipinski definition) is 9. The summed E-state index contributed by atoms with van der Waals surface area (Å²) >= 11 is 0. The second-order valence-electron chi connectivity index (χ2n) is 3.92. The molecule has 13 heteroatoms. The Hall–Kier alpha value is -2.47. The molecule has 0 fully saturated rings. The van der Waals surface area contributed by atoms with Gasteiger partial charge in [-0.15, -0.1) is 0 Å². The van der Waals surface area contributed by atoms with Crippen LogP contribution in [0.15, 0.2) is 36.7 Å². The number of methoxy groups -OCH3 is 1. The van der Waals surface area contributed by atoms with Gasteiger partial charge in [-0.25, -0.2) is 23.8 Å². The number of carboxylic acid groups (broad SMARTS) is 1. The van der Waals surface area contributed by atoms with E-state index in [1.807, 2.05) is 0 Å². The van der Waals surface area contributed by atoms with Gasteiger partial charge < -0.3 is 26.4 Å². The Morgan fingerprint density at radius 1 is 1.00 bits per heavy atom. The van der Waals surface area contributed by atoms with Crippen molar-refractivity contribution in [3.05, 3.63) is 47.8 Å². The fourth-order valence-corrected chi connectivity index (χ4v) is 1.18. The van der Waals surface area contributed by atoms with Gasteiger partial charge in [0.1, 0.15) is 11.6 Å². The molecule has 2 rings (SSSR count). The van der Waals surface area contributed by atoms with Crippen molar-refractivity contribution in [3.8, 4) is 0 Å². The van der Waals surface area contributed by atoms with E-state index in [-0.39, 0.29) is 5.56 Å². The molecule has 0 radical (unpaired) electrons. The lowest BCUT2D eigenvalue weighted by molar-refractivity contribution is 0.0599. The molecule has 0 amide bonds. The maximum atomic E-state index is 10.8. The third-order valence-corrected chi connectivity index (χ3v) is 2.24. The van der Waals surface area contributed by atoms with Crippen molar-refractivity contribution < 1.29 is 28.7 Å². The number of carboxylic acids is 1. The van der Waals surface area contributed by atoms with Gasteiger partial charge in [-0.1, -0.05) is 0 Å². The molecule has 0 atom stereocenters. The van der Waals surface area contributed by atoms with E-state index in [9.17, 15) is 9.59 Å². The van der Waals surface area contributed by atoms with Crippen LogP contribution in [0.5, 0.6) is 0 Å². The number of ether oxygens (including phenoxy) is 1. The number of nitrogens with zero attached hydrogens (tertiary/aromatic N) is 2. The van der Waals surface area contributed by atoms with Gasteiger partial charge >= 0.3 is 11.9 Å². The maximum absolute atomic E-state index is 10.8. The number of aromatic nitrogens is 2. The van der Waals surface area contributed by atoms with E-state index in [0.717, 1.165) is 7.11 Å². The third-order valence-electron chi connectivity index (χ3n) is 2.24. The molecule has 0 unspecified atom stereocenters. The van der Waals surface area contributed by atoms with E-state index in [1.165, 1.54) is 31.6 Å². The van der Waals surface area contributed by atoms with Gasteiger partial charge in [0.05, 0.1) is 18.2 Å². The molecule has 0 saturated heterocycles. The summed E-state index contributed by atoms with van der Waals surface area (Å²) in [5.74, 6) is -0.687. The summed E-state index contributed by atoms with van der Waals surface area (Å²) in [5.41, 5.74) is 11.1. The quantitative estimate of drug-likeness (QED) is 0.394. The molecule has 2 heterocycles. The number of halogens is 2. The molecule has 0 aromatic carbocycles. The Kier molecular flexibility index (Phi) is 15.6. The van der Waals surface area contributed by atoms with Gasteiger partial charge in [0.2, 0.25) is 9.23 Å². The lowest BCUT2D eigenvalue weighted by Gasteiger charge is -1.97. The first-order chi connectivity index (χ1) is 12.7. The van der Waals surface area contributed by atoms with Gasteiger partial charge in [-0.2, -0.15) is 0 Å². The standard InChI is InChI=1S/C7H8N2O2.C6H6N2O2.CH4O.Cl2OS/c1-11-7(10)5-2-3-6(8)9-4-5;7-5-2-1-4(3-8-5)6(9)10;1-2;1-4(2)3/h2-4H,1H3,(H2,8,9);1-3H,(H2,7,8)(H,9,10);2H,1H3;. The van der Waals surface area contributed by atoms with Crippen molar-refractivity contribution in [3.63, 3.8) is 0 Å². The minimum Gasteiger partial charge on any atom is -0.478 e. The predicted molar refractivity (Wildman–Crippen MR) is 104 cm³/mol. The number of esters is 1. The summed E-state index contributed by atoms with van der Waals surface area (Å²) in [4.78, 5) is 28.4. The Morgan fingerprint density at radius 2 is 1.37 bits per heavy atom. The highest BCUT2D eigenvalue weighted by molar-refractivity contribution is 8.26. The summed E-state index contributed by atoms with van der Waals surface area (Å²) in [6.07, 6.45) is 2.60. The Morgan fingerprint density at radius 3 is 1.63 bits per heavy atom. The molecule has 10 nitrogen and oxygen atoms in total. The number of aliphatic hydroxyl groups is 1. The van der Waals surface area contributed by atoms with Crippen LogP contribution in [-0.4, -0.2) is 50.5 Å². The first kappa shape index (κ1) is 26.8. The van der Waals surface area contributed by atoms with Gasteiger partial charge in [0.25, 0.3) is 0 Å². The zero-order chi connectivity index (χ0) is 21.4. The SMILES string of the molecule is CO.COC(=O)c1ccc(N)nc1.Nc1ccc(C(=O)O)cn1.O=S(Cl)Cl. The number of nitrogen functional groups attached to an aromatic ring is 2.